The monoisotopic (exact) mass is 265 g/mol. The van der Waals surface area contributed by atoms with Crippen LogP contribution in [0.15, 0.2) is 24.3 Å². The summed E-state index contributed by atoms with van der Waals surface area (Å²) in [4.78, 5) is 11.9. The van der Waals surface area contributed by atoms with E-state index in [0.717, 1.165) is 31.9 Å². The average molecular weight is 265 g/mol. The Morgan fingerprint density at radius 1 is 1.16 bits per heavy atom. The number of hydrogen-bond acceptors (Lipinski definition) is 4. The topological polar surface area (TPSA) is 47.6 Å². The molecule has 19 heavy (non-hydrogen) atoms. The largest absolute Gasteiger partial charge is 0.494 e. The lowest BCUT2D eigenvalue weighted by atomic mass is 10.1. The molecule has 0 amide bonds. The van der Waals surface area contributed by atoms with Gasteiger partial charge >= 0.3 is 0 Å². The predicted molar refractivity (Wildman–Crippen MR) is 75.9 cm³/mol. The van der Waals surface area contributed by atoms with Gasteiger partial charge in [0.2, 0.25) is 0 Å². The van der Waals surface area contributed by atoms with Gasteiger partial charge in [-0.2, -0.15) is 0 Å². The van der Waals surface area contributed by atoms with Crippen molar-refractivity contribution >= 4 is 5.78 Å². The molecule has 106 valence electrons. The summed E-state index contributed by atoms with van der Waals surface area (Å²) in [5, 5.41) is 3.12. The van der Waals surface area contributed by atoms with Gasteiger partial charge in [-0.05, 0) is 51.1 Å². The van der Waals surface area contributed by atoms with Crippen molar-refractivity contribution in [3.8, 4) is 5.75 Å². The molecule has 1 aromatic rings. The Hall–Kier alpha value is -1.39. The first kappa shape index (κ1) is 15.7. The molecule has 1 aromatic carbocycles. The highest BCUT2D eigenvalue weighted by atomic mass is 16.5. The molecule has 1 rings (SSSR count). The molecule has 0 aromatic heterocycles. The van der Waals surface area contributed by atoms with Crippen molar-refractivity contribution in [2.45, 2.75) is 20.3 Å². The van der Waals surface area contributed by atoms with Gasteiger partial charge in [-0.15, -0.1) is 0 Å². The fraction of sp³-hybridized carbons (Fsp3) is 0.533. The quantitative estimate of drug-likeness (QED) is 0.521. The van der Waals surface area contributed by atoms with Gasteiger partial charge in [0.25, 0.3) is 0 Å². The molecule has 0 saturated carbocycles. The number of rotatable bonds is 10. The number of ketones is 1. The Labute approximate surface area is 115 Å². The maximum atomic E-state index is 11.9. The van der Waals surface area contributed by atoms with Crippen LogP contribution in [0.4, 0.5) is 0 Å². The van der Waals surface area contributed by atoms with Crippen LogP contribution in [0.25, 0.3) is 0 Å². The molecule has 0 atom stereocenters. The third-order valence-electron chi connectivity index (χ3n) is 2.62. The number of nitrogens with one attached hydrogen (secondary N) is 1. The smallest absolute Gasteiger partial charge is 0.176 e. The second-order valence-electron chi connectivity index (χ2n) is 4.11. The molecule has 0 fully saturated rings. The molecule has 0 spiro atoms. The lowest BCUT2D eigenvalue weighted by Crippen LogP contribution is -2.24. The van der Waals surface area contributed by atoms with Crippen molar-refractivity contribution in [1.29, 1.82) is 0 Å². The molecule has 0 heterocycles. The molecule has 4 nitrogen and oxygen atoms in total. The van der Waals surface area contributed by atoms with E-state index in [1.807, 2.05) is 26.0 Å². The first-order valence-corrected chi connectivity index (χ1v) is 6.82. The lowest BCUT2D eigenvalue weighted by molar-refractivity contribution is 0.0988. The number of benzene rings is 1. The van der Waals surface area contributed by atoms with Crippen molar-refractivity contribution in [2.24, 2.45) is 0 Å². The fourth-order valence-electron chi connectivity index (χ4n) is 1.65. The second kappa shape index (κ2) is 9.53. The molecule has 0 aliphatic rings. The van der Waals surface area contributed by atoms with Gasteiger partial charge in [0.15, 0.2) is 5.78 Å². The minimum absolute atomic E-state index is 0.0967. The summed E-state index contributed by atoms with van der Waals surface area (Å²) < 4.78 is 10.6. The van der Waals surface area contributed by atoms with Crippen LogP contribution in [-0.4, -0.2) is 38.7 Å². The zero-order valence-electron chi connectivity index (χ0n) is 11.8. The zero-order valence-corrected chi connectivity index (χ0v) is 11.8. The van der Waals surface area contributed by atoms with E-state index >= 15 is 0 Å². The Balaban J connectivity index is 2.25. The molecule has 0 radical (unpaired) electrons. The molecular formula is C15H23NO3. The van der Waals surface area contributed by atoms with Gasteiger partial charge in [-0.1, -0.05) is 0 Å². The van der Waals surface area contributed by atoms with Gasteiger partial charge in [0, 0.05) is 18.8 Å². The predicted octanol–water partition coefficient (Wildman–Crippen LogP) is 2.28. The summed E-state index contributed by atoms with van der Waals surface area (Å²) >= 11 is 0. The third kappa shape index (κ3) is 6.36. The standard InChI is InChI=1S/C15H23NO3/c1-3-18-11-5-10-16-12-15(17)13-6-8-14(9-7-13)19-4-2/h6-9,16H,3-5,10-12H2,1-2H3. The van der Waals surface area contributed by atoms with E-state index in [0.29, 0.717) is 18.7 Å². The van der Waals surface area contributed by atoms with Crippen LogP contribution in [0, 0.1) is 0 Å². The van der Waals surface area contributed by atoms with E-state index in [1.165, 1.54) is 0 Å². The Bertz CT molecular complexity index is 362. The van der Waals surface area contributed by atoms with E-state index in [-0.39, 0.29) is 5.78 Å². The minimum atomic E-state index is 0.0967. The highest BCUT2D eigenvalue weighted by Gasteiger charge is 2.05. The van der Waals surface area contributed by atoms with E-state index in [2.05, 4.69) is 5.32 Å². The number of carbonyl (C=O) groups excluding carboxylic acids is 1. The van der Waals surface area contributed by atoms with Crippen molar-refractivity contribution in [2.75, 3.05) is 32.9 Å². The van der Waals surface area contributed by atoms with Crippen LogP contribution < -0.4 is 10.1 Å². The van der Waals surface area contributed by atoms with Crippen LogP contribution in [0.1, 0.15) is 30.6 Å². The SMILES string of the molecule is CCOCCCNCC(=O)c1ccc(OCC)cc1. The summed E-state index contributed by atoms with van der Waals surface area (Å²) in [6.07, 6.45) is 0.921. The van der Waals surface area contributed by atoms with E-state index < -0.39 is 0 Å². The normalized spacial score (nSPS) is 10.4. The fourth-order valence-corrected chi connectivity index (χ4v) is 1.65. The van der Waals surface area contributed by atoms with Crippen LogP contribution in [0.3, 0.4) is 0 Å². The molecular weight excluding hydrogens is 242 g/mol. The molecule has 0 unspecified atom stereocenters. The molecule has 1 N–H and O–H groups in total. The van der Waals surface area contributed by atoms with Crippen LogP contribution in [-0.2, 0) is 4.74 Å². The van der Waals surface area contributed by atoms with Gasteiger partial charge in [0.1, 0.15) is 5.75 Å². The molecule has 4 heteroatoms. The number of Topliss-reactive ketones (excluding diaryl/α,β-unsaturated/α-hetero) is 1. The Morgan fingerprint density at radius 2 is 1.89 bits per heavy atom. The van der Waals surface area contributed by atoms with Crippen LogP contribution in [0.5, 0.6) is 5.75 Å². The second-order valence-corrected chi connectivity index (χ2v) is 4.11. The summed E-state index contributed by atoms with van der Waals surface area (Å²) in [5.41, 5.74) is 0.709. The molecule has 0 saturated heterocycles. The number of ether oxygens (including phenoxy) is 2. The molecule has 0 aliphatic carbocycles. The van der Waals surface area contributed by atoms with Gasteiger partial charge in [-0.25, -0.2) is 0 Å². The number of hydrogen-bond donors (Lipinski definition) is 1. The lowest BCUT2D eigenvalue weighted by Gasteiger charge is -2.06. The van der Waals surface area contributed by atoms with Crippen LogP contribution in [0.2, 0.25) is 0 Å². The van der Waals surface area contributed by atoms with Gasteiger partial charge in [0.05, 0.1) is 13.2 Å². The zero-order chi connectivity index (χ0) is 13.9. The third-order valence-corrected chi connectivity index (χ3v) is 2.62. The van der Waals surface area contributed by atoms with Crippen molar-refractivity contribution in [3.63, 3.8) is 0 Å². The van der Waals surface area contributed by atoms with Crippen molar-refractivity contribution in [3.05, 3.63) is 29.8 Å². The minimum Gasteiger partial charge on any atom is -0.494 e. The summed E-state index contributed by atoms with van der Waals surface area (Å²) in [6.45, 7) is 7.18. The maximum Gasteiger partial charge on any atom is 0.176 e. The van der Waals surface area contributed by atoms with Gasteiger partial charge < -0.3 is 14.8 Å². The first-order chi connectivity index (χ1) is 9.27. The summed E-state index contributed by atoms with van der Waals surface area (Å²) in [5.74, 6) is 0.892. The van der Waals surface area contributed by atoms with E-state index in [1.54, 1.807) is 12.1 Å². The van der Waals surface area contributed by atoms with Crippen molar-refractivity contribution in [1.82, 2.24) is 5.32 Å². The van der Waals surface area contributed by atoms with Crippen LogP contribution >= 0.6 is 0 Å². The summed E-state index contributed by atoms with van der Waals surface area (Å²) in [6, 6.07) is 7.25. The Kier molecular flexibility index (Phi) is 7.86. The molecule has 0 aliphatic heterocycles. The maximum absolute atomic E-state index is 11.9. The van der Waals surface area contributed by atoms with Crippen molar-refractivity contribution < 1.29 is 14.3 Å². The highest BCUT2D eigenvalue weighted by Crippen LogP contribution is 2.12. The molecule has 0 bridgehead atoms. The summed E-state index contributed by atoms with van der Waals surface area (Å²) in [7, 11) is 0. The Morgan fingerprint density at radius 3 is 2.53 bits per heavy atom. The first-order valence-electron chi connectivity index (χ1n) is 6.82. The highest BCUT2D eigenvalue weighted by molar-refractivity contribution is 5.97. The average Bonchev–Trinajstić information content (AvgIpc) is 2.43. The van der Waals surface area contributed by atoms with Gasteiger partial charge in [-0.3, -0.25) is 4.79 Å². The van der Waals surface area contributed by atoms with E-state index in [9.17, 15) is 4.79 Å². The number of carbonyl (C=O) groups is 1. The van der Waals surface area contributed by atoms with E-state index in [4.69, 9.17) is 9.47 Å².